The number of sulfonamides is 1. The van der Waals surface area contributed by atoms with E-state index in [4.69, 9.17) is 0 Å². The van der Waals surface area contributed by atoms with Crippen molar-refractivity contribution in [1.82, 2.24) is 4.98 Å². The molecule has 0 atom stereocenters. The number of carbonyl (C=O) groups is 1. The molecule has 1 N–H and O–H groups in total. The molecule has 8 heteroatoms. The second-order valence-corrected chi connectivity index (χ2v) is 7.50. The molecule has 0 saturated carbocycles. The summed E-state index contributed by atoms with van der Waals surface area (Å²) >= 11 is 0. The van der Waals surface area contributed by atoms with E-state index >= 15 is 0 Å². The molecule has 2 heterocycles. The van der Waals surface area contributed by atoms with Gasteiger partial charge in [0.25, 0.3) is 0 Å². The number of benzene rings is 1. The van der Waals surface area contributed by atoms with Crippen LogP contribution < -0.4 is 9.62 Å². The first-order valence-electron chi connectivity index (χ1n) is 7.45. The van der Waals surface area contributed by atoms with Crippen LogP contribution in [0.5, 0.6) is 0 Å². The Balaban J connectivity index is 1.70. The largest absolute Gasteiger partial charge is 0.326 e. The third kappa shape index (κ3) is 3.70. The van der Waals surface area contributed by atoms with Crippen molar-refractivity contribution < 1.29 is 17.6 Å². The lowest BCUT2D eigenvalue weighted by Gasteiger charge is -2.17. The van der Waals surface area contributed by atoms with E-state index in [2.05, 4.69) is 10.3 Å². The fourth-order valence-corrected chi connectivity index (χ4v) is 4.11. The minimum Gasteiger partial charge on any atom is -0.326 e. The molecular weight excluding hydrogens is 333 g/mol. The molecule has 3 rings (SSSR count). The van der Waals surface area contributed by atoms with E-state index in [-0.39, 0.29) is 18.1 Å². The highest BCUT2D eigenvalue weighted by atomic mass is 32.2. The van der Waals surface area contributed by atoms with Crippen LogP contribution in [0.2, 0.25) is 0 Å². The van der Waals surface area contributed by atoms with Crippen molar-refractivity contribution in [2.24, 2.45) is 0 Å². The molecule has 6 nitrogen and oxygen atoms in total. The van der Waals surface area contributed by atoms with Gasteiger partial charge in [-0.2, -0.15) is 0 Å². The smallest absolute Gasteiger partial charge is 0.235 e. The average Bonchev–Trinajstić information content (AvgIpc) is 2.89. The van der Waals surface area contributed by atoms with Gasteiger partial charge in [-0.05, 0) is 36.8 Å². The molecule has 0 spiro atoms. The molecular formula is C16H16FN3O3S. The number of aromatic nitrogens is 1. The van der Waals surface area contributed by atoms with Crippen LogP contribution in [0.1, 0.15) is 12.1 Å². The topological polar surface area (TPSA) is 79.4 Å². The Kier molecular flexibility index (Phi) is 4.48. The number of rotatable bonds is 4. The molecule has 1 aromatic heterocycles. The number of pyridine rings is 1. The number of nitrogens with one attached hydrogen (secondary N) is 1. The van der Waals surface area contributed by atoms with Crippen molar-refractivity contribution >= 4 is 27.3 Å². The van der Waals surface area contributed by atoms with Gasteiger partial charge < -0.3 is 5.32 Å². The Hall–Kier alpha value is -2.48. The van der Waals surface area contributed by atoms with E-state index in [0.717, 1.165) is 6.20 Å². The highest BCUT2D eigenvalue weighted by molar-refractivity contribution is 7.93. The van der Waals surface area contributed by atoms with Gasteiger partial charge in [0.05, 0.1) is 24.1 Å². The van der Waals surface area contributed by atoms with Crippen molar-refractivity contribution in [3.8, 4) is 0 Å². The Labute approximate surface area is 139 Å². The molecule has 0 radical (unpaired) electrons. The minimum absolute atomic E-state index is 0.00647. The van der Waals surface area contributed by atoms with Gasteiger partial charge in [-0.25, -0.2) is 12.8 Å². The summed E-state index contributed by atoms with van der Waals surface area (Å²) in [5.41, 5.74) is 1.49. The normalized spacial score (nSPS) is 16.1. The Morgan fingerprint density at radius 1 is 1.29 bits per heavy atom. The monoisotopic (exact) mass is 349 g/mol. The number of hydrogen-bond acceptors (Lipinski definition) is 4. The van der Waals surface area contributed by atoms with Gasteiger partial charge in [-0.1, -0.05) is 6.07 Å². The first-order chi connectivity index (χ1) is 11.4. The third-order valence-electron chi connectivity index (χ3n) is 3.65. The predicted octanol–water partition coefficient (Wildman–Crippen LogP) is 1.94. The molecule has 0 bridgehead atoms. The zero-order valence-electron chi connectivity index (χ0n) is 12.8. The number of anilines is 2. The lowest BCUT2D eigenvalue weighted by Crippen LogP contribution is -2.25. The Bertz CT molecular complexity index is 853. The molecule has 1 aromatic carbocycles. The number of nitrogens with zero attached hydrogens (tertiary/aromatic N) is 2. The third-order valence-corrected chi connectivity index (χ3v) is 5.52. The fraction of sp³-hybridized carbons (Fsp3) is 0.250. The van der Waals surface area contributed by atoms with Gasteiger partial charge in [0.2, 0.25) is 15.9 Å². The van der Waals surface area contributed by atoms with Crippen LogP contribution in [-0.2, 0) is 21.2 Å². The van der Waals surface area contributed by atoms with Crippen LogP contribution in [0.3, 0.4) is 0 Å². The Morgan fingerprint density at radius 3 is 2.79 bits per heavy atom. The number of halogens is 1. The van der Waals surface area contributed by atoms with E-state index in [0.29, 0.717) is 30.0 Å². The molecule has 2 aromatic rings. The van der Waals surface area contributed by atoms with Crippen LogP contribution in [0.4, 0.5) is 15.8 Å². The van der Waals surface area contributed by atoms with Gasteiger partial charge in [0.15, 0.2) is 0 Å². The summed E-state index contributed by atoms with van der Waals surface area (Å²) in [6, 6.07) is 9.38. The van der Waals surface area contributed by atoms with E-state index < -0.39 is 15.8 Å². The molecule has 1 aliphatic heterocycles. The highest BCUT2D eigenvalue weighted by Crippen LogP contribution is 2.26. The minimum atomic E-state index is -3.26. The van der Waals surface area contributed by atoms with Crippen molar-refractivity contribution in [2.75, 3.05) is 21.9 Å². The SMILES string of the molecule is O=C(Cc1ccc(F)cn1)Nc1cccc(N2CCCS2(=O)=O)c1. The Morgan fingerprint density at radius 2 is 2.12 bits per heavy atom. The second kappa shape index (κ2) is 6.56. The van der Waals surface area contributed by atoms with Crippen LogP contribution in [0, 0.1) is 5.82 Å². The number of hydrogen-bond donors (Lipinski definition) is 1. The van der Waals surface area contributed by atoms with Crippen molar-refractivity contribution in [1.29, 1.82) is 0 Å². The van der Waals surface area contributed by atoms with Crippen LogP contribution in [-0.4, -0.2) is 31.6 Å². The van der Waals surface area contributed by atoms with Crippen LogP contribution in [0.25, 0.3) is 0 Å². The summed E-state index contributed by atoms with van der Waals surface area (Å²) in [5, 5.41) is 2.70. The maximum Gasteiger partial charge on any atom is 0.235 e. The maximum atomic E-state index is 12.8. The highest BCUT2D eigenvalue weighted by Gasteiger charge is 2.28. The first kappa shape index (κ1) is 16.4. The van der Waals surface area contributed by atoms with E-state index in [1.807, 2.05) is 0 Å². The predicted molar refractivity (Wildman–Crippen MR) is 88.7 cm³/mol. The lowest BCUT2D eigenvalue weighted by atomic mass is 10.2. The molecule has 1 saturated heterocycles. The molecule has 126 valence electrons. The van der Waals surface area contributed by atoms with Crippen LogP contribution in [0.15, 0.2) is 42.6 Å². The second-order valence-electron chi connectivity index (χ2n) is 5.48. The molecule has 1 amide bonds. The zero-order valence-corrected chi connectivity index (χ0v) is 13.6. The average molecular weight is 349 g/mol. The standard InChI is InChI=1S/C16H16FN3O3S/c17-12-5-6-13(18-11-12)10-16(21)19-14-3-1-4-15(9-14)20-7-2-8-24(20,22)23/h1,3-6,9,11H,2,7-8,10H2,(H,19,21). The van der Waals surface area contributed by atoms with Gasteiger partial charge >= 0.3 is 0 Å². The number of amides is 1. The molecule has 1 aliphatic rings. The number of carbonyl (C=O) groups excluding carboxylic acids is 1. The van der Waals surface area contributed by atoms with Crippen molar-refractivity contribution in [3.63, 3.8) is 0 Å². The zero-order chi connectivity index (χ0) is 17.2. The van der Waals surface area contributed by atoms with Crippen molar-refractivity contribution in [2.45, 2.75) is 12.8 Å². The lowest BCUT2D eigenvalue weighted by molar-refractivity contribution is -0.115. The fourth-order valence-electron chi connectivity index (χ4n) is 2.55. The summed E-state index contributed by atoms with van der Waals surface area (Å²) in [5.74, 6) is -0.631. The van der Waals surface area contributed by atoms with Gasteiger partial charge in [-0.3, -0.25) is 14.1 Å². The quantitative estimate of drug-likeness (QED) is 0.915. The van der Waals surface area contributed by atoms with Gasteiger partial charge in [0.1, 0.15) is 5.82 Å². The summed E-state index contributed by atoms with van der Waals surface area (Å²) in [7, 11) is -3.26. The van der Waals surface area contributed by atoms with E-state index in [9.17, 15) is 17.6 Å². The van der Waals surface area contributed by atoms with Gasteiger partial charge in [-0.15, -0.1) is 0 Å². The first-order valence-corrected chi connectivity index (χ1v) is 9.06. The maximum absolute atomic E-state index is 12.8. The summed E-state index contributed by atoms with van der Waals surface area (Å²) in [4.78, 5) is 15.9. The molecule has 1 fully saturated rings. The molecule has 24 heavy (non-hydrogen) atoms. The summed E-state index contributed by atoms with van der Waals surface area (Å²) < 4.78 is 38.1. The van der Waals surface area contributed by atoms with Crippen molar-refractivity contribution in [3.05, 3.63) is 54.1 Å². The summed E-state index contributed by atoms with van der Waals surface area (Å²) in [6.45, 7) is 0.444. The van der Waals surface area contributed by atoms with Gasteiger partial charge in [0, 0.05) is 17.9 Å². The van der Waals surface area contributed by atoms with Crippen LogP contribution >= 0.6 is 0 Å². The van der Waals surface area contributed by atoms with E-state index in [1.165, 1.54) is 16.4 Å². The summed E-state index contributed by atoms with van der Waals surface area (Å²) in [6.07, 6.45) is 1.66. The van der Waals surface area contributed by atoms with E-state index in [1.54, 1.807) is 24.3 Å². The molecule has 0 aliphatic carbocycles. The molecule has 0 unspecified atom stereocenters.